The smallest absolute Gasteiger partial charge is 0.242 e. The molecule has 5 nitrogen and oxygen atoms in total. The summed E-state index contributed by atoms with van der Waals surface area (Å²) < 4.78 is 5.56. The lowest BCUT2D eigenvalue weighted by Gasteiger charge is -2.23. The molecule has 2 aromatic rings. The van der Waals surface area contributed by atoms with Crippen molar-refractivity contribution >= 4 is 5.90 Å². The van der Waals surface area contributed by atoms with Crippen molar-refractivity contribution in [1.82, 2.24) is 9.97 Å². The van der Waals surface area contributed by atoms with E-state index in [1.54, 1.807) is 12.4 Å². The predicted octanol–water partition coefficient (Wildman–Crippen LogP) is 1.92. The fraction of sp³-hybridized carbons (Fsp3) is 0.167. The molecule has 86 valence electrons. The topological polar surface area (TPSA) is 70.5 Å². The van der Waals surface area contributed by atoms with Gasteiger partial charge in [0.1, 0.15) is 17.5 Å². The Morgan fingerprint density at radius 1 is 1.41 bits per heavy atom. The third-order valence-electron chi connectivity index (χ3n) is 2.86. The predicted molar refractivity (Wildman–Crippen MR) is 61.3 cm³/mol. The molecule has 1 unspecified atom stereocenters. The number of ether oxygens (including phenoxy) is 1. The molecule has 3 rings (SSSR count). The molecule has 0 saturated heterocycles. The Labute approximate surface area is 97.8 Å². The largest absolute Gasteiger partial charge is 0.439 e. The third-order valence-corrected chi connectivity index (χ3v) is 2.86. The number of H-pyrrole nitrogens is 1. The van der Waals surface area contributed by atoms with Crippen LogP contribution < -0.4 is 4.74 Å². The van der Waals surface area contributed by atoms with Gasteiger partial charge in [-0.25, -0.2) is 4.98 Å². The molecule has 0 spiro atoms. The van der Waals surface area contributed by atoms with Crippen molar-refractivity contribution in [1.29, 1.82) is 0 Å². The second-order valence-electron chi connectivity index (χ2n) is 3.88. The fourth-order valence-corrected chi connectivity index (χ4v) is 2.03. The Bertz CT molecular complexity index is 549. The summed E-state index contributed by atoms with van der Waals surface area (Å²) in [7, 11) is 0. The molecule has 0 fully saturated rings. The van der Waals surface area contributed by atoms with Crippen LogP contribution in [0.15, 0.2) is 41.8 Å². The van der Waals surface area contributed by atoms with E-state index < -0.39 is 0 Å². The van der Waals surface area contributed by atoms with E-state index in [0.29, 0.717) is 6.42 Å². The summed E-state index contributed by atoms with van der Waals surface area (Å²) in [5.41, 5.74) is 1.08. The number of nitrogens with zero attached hydrogens (tertiary/aromatic N) is 2. The highest BCUT2D eigenvalue weighted by Gasteiger charge is 2.30. The summed E-state index contributed by atoms with van der Waals surface area (Å²) in [5.74, 6) is 1.60. The van der Waals surface area contributed by atoms with Gasteiger partial charge in [0.15, 0.2) is 0 Å². The zero-order valence-corrected chi connectivity index (χ0v) is 9.00. The van der Waals surface area contributed by atoms with E-state index in [9.17, 15) is 0 Å². The van der Waals surface area contributed by atoms with Crippen LogP contribution >= 0.6 is 0 Å². The SMILES string of the molecule is ON=C1Oc2ccccc2CC1c1ncc[nH]1. The van der Waals surface area contributed by atoms with Crippen molar-refractivity contribution < 1.29 is 9.94 Å². The molecule has 1 aromatic heterocycles. The van der Waals surface area contributed by atoms with Crippen LogP contribution in [0.1, 0.15) is 17.3 Å². The number of nitrogens with one attached hydrogen (secondary N) is 1. The van der Waals surface area contributed by atoms with E-state index in [2.05, 4.69) is 15.1 Å². The number of aromatic nitrogens is 2. The highest BCUT2D eigenvalue weighted by Crippen LogP contribution is 2.32. The van der Waals surface area contributed by atoms with E-state index in [-0.39, 0.29) is 11.8 Å². The lowest BCUT2D eigenvalue weighted by atomic mass is 9.95. The van der Waals surface area contributed by atoms with Crippen molar-refractivity contribution in [2.24, 2.45) is 5.16 Å². The van der Waals surface area contributed by atoms with Gasteiger partial charge >= 0.3 is 0 Å². The molecule has 0 bridgehead atoms. The number of fused-ring (bicyclic) bond motifs is 1. The van der Waals surface area contributed by atoms with Gasteiger partial charge in [0.05, 0.1) is 0 Å². The molecule has 0 saturated carbocycles. The molecule has 17 heavy (non-hydrogen) atoms. The highest BCUT2D eigenvalue weighted by molar-refractivity contribution is 5.86. The standard InChI is InChI=1S/C12H11N3O2/c16-15-12-9(11-13-5-6-14-11)7-8-3-1-2-4-10(8)17-12/h1-6,9,16H,7H2,(H,13,14). The van der Waals surface area contributed by atoms with Crippen LogP contribution in [0.4, 0.5) is 0 Å². The monoisotopic (exact) mass is 229 g/mol. The zero-order valence-electron chi connectivity index (χ0n) is 9.00. The van der Waals surface area contributed by atoms with Gasteiger partial charge in [0.2, 0.25) is 5.90 Å². The van der Waals surface area contributed by atoms with Crippen LogP contribution in [0.25, 0.3) is 0 Å². The molecule has 5 heteroatoms. The molecular formula is C12H11N3O2. The Balaban J connectivity index is 2.02. The summed E-state index contributed by atoms with van der Waals surface area (Å²) in [4.78, 5) is 7.20. The number of para-hydroxylation sites is 1. The first kappa shape index (κ1) is 9.89. The van der Waals surface area contributed by atoms with Crippen LogP contribution in [-0.2, 0) is 6.42 Å². The maximum absolute atomic E-state index is 9.01. The van der Waals surface area contributed by atoms with Crippen LogP contribution in [-0.4, -0.2) is 21.1 Å². The maximum atomic E-state index is 9.01. The molecule has 0 radical (unpaired) electrons. The average molecular weight is 229 g/mol. The van der Waals surface area contributed by atoms with E-state index in [0.717, 1.165) is 17.1 Å². The van der Waals surface area contributed by atoms with Gasteiger partial charge in [0, 0.05) is 12.4 Å². The molecule has 1 atom stereocenters. The lowest BCUT2D eigenvalue weighted by Crippen LogP contribution is -2.27. The van der Waals surface area contributed by atoms with Gasteiger partial charge in [-0.1, -0.05) is 23.4 Å². The second-order valence-corrected chi connectivity index (χ2v) is 3.88. The quantitative estimate of drug-likeness (QED) is 0.579. The number of hydrogen-bond donors (Lipinski definition) is 2. The summed E-state index contributed by atoms with van der Waals surface area (Å²) >= 11 is 0. The van der Waals surface area contributed by atoms with Crippen LogP contribution in [0.2, 0.25) is 0 Å². The number of imidazole rings is 1. The minimum Gasteiger partial charge on any atom is -0.439 e. The Hall–Kier alpha value is -2.30. The molecule has 2 heterocycles. The fourth-order valence-electron chi connectivity index (χ4n) is 2.03. The van der Waals surface area contributed by atoms with Gasteiger partial charge in [-0.3, -0.25) is 0 Å². The number of oxime groups is 1. The average Bonchev–Trinajstić information content (AvgIpc) is 2.91. The maximum Gasteiger partial charge on any atom is 0.242 e. The van der Waals surface area contributed by atoms with Crippen molar-refractivity contribution in [2.75, 3.05) is 0 Å². The van der Waals surface area contributed by atoms with Gasteiger partial charge in [0.25, 0.3) is 0 Å². The van der Waals surface area contributed by atoms with Gasteiger partial charge < -0.3 is 14.9 Å². The molecule has 2 N–H and O–H groups in total. The third kappa shape index (κ3) is 1.65. The van der Waals surface area contributed by atoms with Gasteiger partial charge in [-0.15, -0.1) is 0 Å². The summed E-state index contributed by atoms with van der Waals surface area (Å²) in [5, 5.41) is 12.2. The molecule has 1 aromatic carbocycles. The van der Waals surface area contributed by atoms with Crippen LogP contribution in [0.3, 0.4) is 0 Å². The molecular weight excluding hydrogens is 218 g/mol. The number of rotatable bonds is 1. The summed E-state index contributed by atoms with van der Waals surface area (Å²) in [6.07, 6.45) is 4.12. The number of hydrogen-bond acceptors (Lipinski definition) is 4. The van der Waals surface area contributed by atoms with E-state index in [4.69, 9.17) is 9.94 Å². The normalized spacial score (nSPS) is 20.9. The molecule has 0 amide bonds. The lowest BCUT2D eigenvalue weighted by molar-refractivity contribution is 0.294. The first-order valence-electron chi connectivity index (χ1n) is 5.35. The minimum absolute atomic E-state index is 0.162. The van der Waals surface area contributed by atoms with Crippen molar-refractivity contribution in [3.8, 4) is 5.75 Å². The Morgan fingerprint density at radius 2 is 2.29 bits per heavy atom. The van der Waals surface area contributed by atoms with E-state index in [1.165, 1.54) is 0 Å². The van der Waals surface area contributed by atoms with Crippen LogP contribution in [0.5, 0.6) is 5.75 Å². The first-order chi connectivity index (χ1) is 8.38. The van der Waals surface area contributed by atoms with Crippen molar-refractivity contribution in [3.05, 3.63) is 48.0 Å². The minimum atomic E-state index is -0.162. The first-order valence-corrected chi connectivity index (χ1v) is 5.35. The molecule has 1 aliphatic heterocycles. The number of aromatic amines is 1. The number of benzene rings is 1. The zero-order chi connectivity index (χ0) is 11.7. The van der Waals surface area contributed by atoms with Gasteiger partial charge in [-0.05, 0) is 18.1 Å². The Kier molecular flexibility index (Phi) is 2.29. The molecule has 1 aliphatic rings. The Morgan fingerprint density at radius 3 is 3.06 bits per heavy atom. The summed E-state index contributed by atoms with van der Waals surface area (Å²) in [6, 6.07) is 7.71. The highest BCUT2D eigenvalue weighted by atomic mass is 16.5. The molecule has 0 aliphatic carbocycles. The second kappa shape index (κ2) is 3.93. The van der Waals surface area contributed by atoms with E-state index >= 15 is 0 Å². The van der Waals surface area contributed by atoms with Crippen LogP contribution in [0, 0.1) is 0 Å². The van der Waals surface area contributed by atoms with Gasteiger partial charge in [-0.2, -0.15) is 0 Å². The van der Waals surface area contributed by atoms with Crippen molar-refractivity contribution in [3.63, 3.8) is 0 Å². The van der Waals surface area contributed by atoms with E-state index in [1.807, 2.05) is 24.3 Å². The van der Waals surface area contributed by atoms with Crippen molar-refractivity contribution in [2.45, 2.75) is 12.3 Å². The summed E-state index contributed by atoms with van der Waals surface area (Å²) in [6.45, 7) is 0.